The van der Waals surface area contributed by atoms with Gasteiger partial charge >= 0.3 is 5.69 Å². The molecule has 0 aliphatic carbocycles. The molecule has 0 fully saturated rings. The van der Waals surface area contributed by atoms with Gasteiger partial charge in [-0.2, -0.15) is 0 Å². The van der Waals surface area contributed by atoms with Crippen LogP contribution >= 0.6 is 0 Å². The van der Waals surface area contributed by atoms with E-state index in [0.717, 1.165) is 4.57 Å². The van der Waals surface area contributed by atoms with Gasteiger partial charge in [-0.05, 0) is 6.42 Å². The molecule has 0 unspecified atom stereocenters. The van der Waals surface area contributed by atoms with Crippen molar-refractivity contribution in [1.82, 2.24) is 33.7 Å². The number of aliphatic hydroxyl groups excluding tert-OH is 4. The number of aryl methyl sites for hydroxylation is 2. The molecule has 156 valence electrons. The highest BCUT2D eigenvalue weighted by atomic mass is 16.4. The Balaban J connectivity index is 1.81. The van der Waals surface area contributed by atoms with Crippen LogP contribution in [0.15, 0.2) is 15.8 Å². The number of nitrogens with zero attached hydrogens (tertiary/aromatic N) is 7. The van der Waals surface area contributed by atoms with Gasteiger partial charge in [-0.3, -0.25) is 13.9 Å². The van der Waals surface area contributed by atoms with Gasteiger partial charge in [-0.25, -0.2) is 14.5 Å². The second-order valence-corrected chi connectivity index (χ2v) is 7.02. The Morgan fingerprint density at radius 3 is 2.59 bits per heavy atom. The lowest BCUT2D eigenvalue weighted by Gasteiger charge is -2.22. The summed E-state index contributed by atoms with van der Waals surface area (Å²) in [5, 5.41) is 46.2. The van der Waals surface area contributed by atoms with E-state index in [2.05, 4.69) is 15.3 Å². The van der Waals surface area contributed by atoms with Crippen molar-refractivity contribution in [1.29, 1.82) is 0 Å². The third-order valence-corrected chi connectivity index (χ3v) is 5.17. The predicted molar refractivity (Wildman–Crippen MR) is 98.0 cm³/mol. The number of aliphatic hydroxyl groups is 4. The standard InChI is InChI=1S/C16H21N7O6/c1-20-15(28)11-14-21(3-2-4-22(14)16(20)29)13(18-11)8-5-17-19-23(8)6-9(25)12(27)10(26)7-24/h5,9-10,12,24-27H,2-4,6-7H2,1H3/t9-,10-,12+/m1/s1. The molecule has 0 amide bonds. The first-order valence-corrected chi connectivity index (χ1v) is 9.09. The zero-order valence-corrected chi connectivity index (χ0v) is 15.6. The maximum atomic E-state index is 12.5. The van der Waals surface area contributed by atoms with E-state index in [9.17, 15) is 24.9 Å². The summed E-state index contributed by atoms with van der Waals surface area (Å²) in [4.78, 5) is 29.4. The maximum Gasteiger partial charge on any atom is 0.332 e. The Labute approximate surface area is 162 Å². The Bertz CT molecular complexity index is 1180. The van der Waals surface area contributed by atoms with E-state index in [4.69, 9.17) is 5.11 Å². The van der Waals surface area contributed by atoms with Crippen molar-refractivity contribution < 1.29 is 20.4 Å². The SMILES string of the molecule is Cn1c(=O)c2nc(-c3cnnn3C[C@@H](O)[C@H](O)[C@H](O)CO)n3c2n(c1=O)CCC3. The minimum Gasteiger partial charge on any atom is -0.394 e. The van der Waals surface area contributed by atoms with Crippen molar-refractivity contribution in [3.05, 3.63) is 27.0 Å². The van der Waals surface area contributed by atoms with Crippen LogP contribution in [0.4, 0.5) is 0 Å². The molecule has 0 saturated heterocycles. The van der Waals surface area contributed by atoms with Crippen LogP contribution in [-0.4, -0.2) is 79.0 Å². The summed E-state index contributed by atoms with van der Waals surface area (Å²) in [5.41, 5.74) is 0.00452. The Morgan fingerprint density at radius 2 is 1.86 bits per heavy atom. The van der Waals surface area contributed by atoms with Crippen LogP contribution in [-0.2, 0) is 26.7 Å². The van der Waals surface area contributed by atoms with Gasteiger partial charge in [0.25, 0.3) is 5.56 Å². The molecule has 13 heteroatoms. The van der Waals surface area contributed by atoms with Crippen LogP contribution in [0.5, 0.6) is 0 Å². The summed E-state index contributed by atoms with van der Waals surface area (Å²) in [6, 6.07) is 0. The highest BCUT2D eigenvalue weighted by Crippen LogP contribution is 2.25. The monoisotopic (exact) mass is 407 g/mol. The topological polar surface area (TPSA) is 173 Å². The molecule has 0 bridgehead atoms. The first-order valence-electron chi connectivity index (χ1n) is 9.09. The van der Waals surface area contributed by atoms with Crippen LogP contribution in [0.3, 0.4) is 0 Å². The molecule has 4 heterocycles. The second kappa shape index (κ2) is 7.18. The van der Waals surface area contributed by atoms with E-state index in [1.165, 1.54) is 22.5 Å². The van der Waals surface area contributed by atoms with E-state index >= 15 is 0 Å². The highest BCUT2D eigenvalue weighted by Gasteiger charge is 2.28. The van der Waals surface area contributed by atoms with Crippen molar-refractivity contribution in [3.63, 3.8) is 0 Å². The molecule has 0 aromatic carbocycles. The third-order valence-electron chi connectivity index (χ3n) is 5.17. The zero-order chi connectivity index (χ0) is 20.9. The van der Waals surface area contributed by atoms with Gasteiger partial charge in [-0.1, -0.05) is 5.21 Å². The van der Waals surface area contributed by atoms with Gasteiger partial charge in [0.05, 0.1) is 19.3 Å². The average molecular weight is 407 g/mol. The molecular formula is C16H21N7O6. The van der Waals surface area contributed by atoms with Crippen LogP contribution < -0.4 is 11.2 Å². The fourth-order valence-corrected chi connectivity index (χ4v) is 3.59. The second-order valence-electron chi connectivity index (χ2n) is 7.02. The summed E-state index contributed by atoms with van der Waals surface area (Å²) in [7, 11) is 1.40. The largest absolute Gasteiger partial charge is 0.394 e. The van der Waals surface area contributed by atoms with E-state index in [1.807, 2.05) is 0 Å². The molecule has 0 radical (unpaired) electrons. The van der Waals surface area contributed by atoms with Gasteiger partial charge in [0.1, 0.15) is 24.0 Å². The van der Waals surface area contributed by atoms with Gasteiger partial charge in [-0.15, -0.1) is 5.10 Å². The predicted octanol–water partition coefficient (Wildman–Crippen LogP) is -3.37. The minimum absolute atomic E-state index is 0.144. The van der Waals surface area contributed by atoms with E-state index < -0.39 is 36.2 Å². The van der Waals surface area contributed by atoms with Crippen molar-refractivity contribution in [2.75, 3.05) is 6.61 Å². The molecule has 4 rings (SSSR count). The quantitative estimate of drug-likeness (QED) is 0.325. The molecule has 3 aromatic heterocycles. The van der Waals surface area contributed by atoms with Crippen molar-refractivity contribution >= 4 is 11.2 Å². The minimum atomic E-state index is -1.59. The molecule has 4 N–H and O–H groups in total. The van der Waals surface area contributed by atoms with E-state index in [0.29, 0.717) is 36.7 Å². The van der Waals surface area contributed by atoms with Crippen molar-refractivity contribution in [2.24, 2.45) is 7.05 Å². The number of hydrogen-bond acceptors (Lipinski definition) is 9. The van der Waals surface area contributed by atoms with Crippen molar-refractivity contribution in [2.45, 2.75) is 44.4 Å². The number of rotatable bonds is 6. The van der Waals surface area contributed by atoms with Gasteiger partial charge < -0.3 is 25.0 Å². The zero-order valence-electron chi connectivity index (χ0n) is 15.6. The molecule has 3 atom stereocenters. The van der Waals surface area contributed by atoms with Crippen molar-refractivity contribution in [3.8, 4) is 11.5 Å². The lowest BCUT2D eigenvalue weighted by atomic mass is 10.1. The van der Waals surface area contributed by atoms with Crippen LogP contribution in [0.2, 0.25) is 0 Å². The summed E-state index contributed by atoms with van der Waals surface area (Å²) in [6.45, 7) is 0.0503. The Hall–Kier alpha value is -2.87. The maximum absolute atomic E-state index is 12.5. The molecule has 1 aliphatic heterocycles. The molecule has 29 heavy (non-hydrogen) atoms. The summed E-state index contributed by atoms with van der Waals surface area (Å²) >= 11 is 0. The molecule has 0 spiro atoms. The van der Waals surface area contributed by atoms with E-state index in [-0.39, 0.29) is 12.1 Å². The van der Waals surface area contributed by atoms with Gasteiger partial charge in [0.15, 0.2) is 17.0 Å². The molecule has 13 nitrogen and oxygen atoms in total. The molecule has 1 aliphatic rings. The van der Waals surface area contributed by atoms with Gasteiger partial charge in [0, 0.05) is 20.1 Å². The van der Waals surface area contributed by atoms with E-state index in [1.54, 1.807) is 4.57 Å². The fraction of sp³-hybridized carbons (Fsp3) is 0.562. The lowest BCUT2D eigenvalue weighted by Crippen LogP contribution is -2.41. The Morgan fingerprint density at radius 1 is 1.14 bits per heavy atom. The fourth-order valence-electron chi connectivity index (χ4n) is 3.59. The summed E-state index contributed by atoms with van der Waals surface area (Å²) in [5.74, 6) is 0.352. The third kappa shape index (κ3) is 2.98. The normalized spacial score (nSPS) is 16.9. The number of imidazole rings is 1. The average Bonchev–Trinajstić information content (AvgIpc) is 3.34. The first kappa shape index (κ1) is 19.4. The Kier molecular flexibility index (Phi) is 4.82. The number of hydrogen-bond donors (Lipinski definition) is 4. The summed E-state index contributed by atoms with van der Waals surface area (Å²) in [6.07, 6.45) is -2.48. The van der Waals surface area contributed by atoms with Gasteiger partial charge in [0.2, 0.25) is 0 Å². The smallest absolute Gasteiger partial charge is 0.332 e. The lowest BCUT2D eigenvalue weighted by molar-refractivity contribution is -0.0814. The van der Waals surface area contributed by atoms with Crippen LogP contribution in [0.1, 0.15) is 6.42 Å². The van der Waals surface area contributed by atoms with Crippen LogP contribution in [0.25, 0.3) is 22.7 Å². The first-order chi connectivity index (χ1) is 13.8. The molecule has 3 aromatic rings. The number of aromatic nitrogens is 7. The van der Waals surface area contributed by atoms with Crippen LogP contribution in [0, 0.1) is 0 Å². The molecular weight excluding hydrogens is 386 g/mol. The molecule has 0 saturated carbocycles. The highest BCUT2D eigenvalue weighted by molar-refractivity contribution is 5.76. The summed E-state index contributed by atoms with van der Waals surface area (Å²) < 4.78 is 5.54.